The second-order valence-electron chi connectivity index (χ2n) is 6.90. The summed E-state index contributed by atoms with van der Waals surface area (Å²) in [6.45, 7) is 3.35. The second-order valence-corrected chi connectivity index (χ2v) is 6.90. The number of hydrogen-bond acceptors (Lipinski definition) is 2. The van der Waals surface area contributed by atoms with E-state index in [2.05, 4.69) is 76.6 Å². The summed E-state index contributed by atoms with van der Waals surface area (Å²) in [5, 5.41) is 0. The molecule has 0 saturated carbocycles. The lowest BCUT2D eigenvalue weighted by Crippen LogP contribution is -2.30. The first kappa shape index (κ1) is 16.7. The first-order chi connectivity index (χ1) is 12.9. The van der Waals surface area contributed by atoms with Gasteiger partial charge in [-0.15, -0.1) is 0 Å². The van der Waals surface area contributed by atoms with Gasteiger partial charge in [-0.2, -0.15) is 0 Å². The van der Waals surface area contributed by atoms with Gasteiger partial charge in [-0.3, -0.25) is 9.88 Å². The Morgan fingerprint density at radius 2 is 1.54 bits per heavy atom. The summed E-state index contributed by atoms with van der Waals surface area (Å²) >= 11 is 0. The molecule has 0 bridgehead atoms. The molecule has 4 rings (SSSR count). The lowest BCUT2D eigenvalue weighted by Gasteiger charge is -2.28. The molecule has 1 saturated heterocycles. The van der Waals surface area contributed by atoms with Gasteiger partial charge in [-0.05, 0) is 36.1 Å². The van der Waals surface area contributed by atoms with Crippen molar-refractivity contribution >= 4 is 6.08 Å². The molecular weight excluding hydrogens is 316 g/mol. The van der Waals surface area contributed by atoms with Gasteiger partial charge in [0.05, 0.1) is 5.69 Å². The monoisotopic (exact) mass is 340 g/mol. The van der Waals surface area contributed by atoms with E-state index in [1.807, 2.05) is 18.3 Å². The molecule has 3 aromatic rings. The highest BCUT2D eigenvalue weighted by Crippen LogP contribution is 2.23. The summed E-state index contributed by atoms with van der Waals surface area (Å²) in [6.07, 6.45) is 6.53. The molecule has 0 spiro atoms. The molecule has 130 valence electrons. The number of likely N-dealkylation sites (tertiary alicyclic amines) is 1. The molecule has 0 radical (unpaired) electrons. The van der Waals surface area contributed by atoms with Crippen LogP contribution in [0.5, 0.6) is 0 Å². The van der Waals surface area contributed by atoms with Gasteiger partial charge in [0.15, 0.2) is 0 Å². The molecule has 1 aliphatic rings. The normalized spacial score (nSPS) is 15.0. The van der Waals surface area contributed by atoms with Crippen LogP contribution in [0.1, 0.15) is 24.0 Å². The third-order valence-electron chi connectivity index (χ3n) is 4.99. The van der Waals surface area contributed by atoms with Crippen molar-refractivity contribution in [1.82, 2.24) is 9.88 Å². The molecule has 26 heavy (non-hydrogen) atoms. The van der Waals surface area contributed by atoms with Crippen LogP contribution in [0.2, 0.25) is 0 Å². The Balaban J connectivity index is 1.36. The summed E-state index contributed by atoms with van der Waals surface area (Å²) in [7, 11) is 0. The van der Waals surface area contributed by atoms with E-state index < -0.39 is 0 Å². The standard InChI is InChI=1S/C24H24N2/c1-2-6-22(7-3-1)19-26-16-13-21(14-17-26)18-20-9-11-23(12-10-20)24-8-4-5-15-25-24/h1-12,15,18H,13-14,16-17,19H2. The maximum Gasteiger partial charge on any atom is 0.0701 e. The molecule has 2 aromatic carbocycles. The fraction of sp³-hybridized carbons (Fsp3) is 0.208. The molecule has 0 N–H and O–H groups in total. The topological polar surface area (TPSA) is 16.1 Å². The van der Waals surface area contributed by atoms with Crippen molar-refractivity contribution in [3.8, 4) is 11.3 Å². The largest absolute Gasteiger partial charge is 0.298 e. The average Bonchev–Trinajstić information content (AvgIpc) is 2.72. The molecule has 1 aliphatic heterocycles. The van der Waals surface area contributed by atoms with Gasteiger partial charge in [0.25, 0.3) is 0 Å². The Morgan fingerprint density at radius 3 is 2.23 bits per heavy atom. The van der Waals surface area contributed by atoms with Crippen LogP contribution in [0.4, 0.5) is 0 Å². The van der Waals surface area contributed by atoms with Crippen molar-refractivity contribution < 1.29 is 0 Å². The molecule has 1 aromatic heterocycles. The Bertz CT molecular complexity index is 842. The molecular formula is C24H24N2. The lowest BCUT2D eigenvalue weighted by molar-refractivity contribution is 0.249. The van der Waals surface area contributed by atoms with Crippen LogP contribution in [-0.4, -0.2) is 23.0 Å². The summed E-state index contributed by atoms with van der Waals surface area (Å²) in [5.74, 6) is 0. The summed E-state index contributed by atoms with van der Waals surface area (Å²) in [4.78, 5) is 6.97. The molecule has 0 unspecified atom stereocenters. The maximum atomic E-state index is 4.42. The van der Waals surface area contributed by atoms with Crippen molar-refractivity contribution in [3.63, 3.8) is 0 Å². The Morgan fingerprint density at radius 1 is 0.808 bits per heavy atom. The second kappa shape index (κ2) is 8.11. The Kier molecular flexibility index (Phi) is 5.22. The Hall–Kier alpha value is -2.71. The zero-order valence-electron chi connectivity index (χ0n) is 15.0. The van der Waals surface area contributed by atoms with Crippen molar-refractivity contribution in [3.05, 3.63) is 95.7 Å². The van der Waals surface area contributed by atoms with Crippen LogP contribution < -0.4 is 0 Å². The third kappa shape index (κ3) is 4.27. The number of benzene rings is 2. The van der Waals surface area contributed by atoms with Crippen LogP contribution in [0, 0.1) is 0 Å². The van der Waals surface area contributed by atoms with E-state index in [0.29, 0.717) is 0 Å². The zero-order chi connectivity index (χ0) is 17.6. The minimum atomic E-state index is 1.03. The van der Waals surface area contributed by atoms with Gasteiger partial charge in [0.1, 0.15) is 0 Å². The predicted octanol–water partition coefficient (Wildman–Crippen LogP) is 5.43. The smallest absolute Gasteiger partial charge is 0.0701 e. The molecule has 2 nitrogen and oxygen atoms in total. The van der Waals surface area contributed by atoms with Gasteiger partial charge in [-0.25, -0.2) is 0 Å². The van der Waals surface area contributed by atoms with Crippen LogP contribution in [-0.2, 0) is 6.54 Å². The van der Waals surface area contributed by atoms with Crippen molar-refractivity contribution in [2.24, 2.45) is 0 Å². The van der Waals surface area contributed by atoms with Crippen molar-refractivity contribution in [2.75, 3.05) is 13.1 Å². The first-order valence-electron chi connectivity index (χ1n) is 9.34. The van der Waals surface area contributed by atoms with E-state index in [4.69, 9.17) is 0 Å². The van der Waals surface area contributed by atoms with E-state index in [9.17, 15) is 0 Å². The Labute approximate surface area is 155 Å². The lowest BCUT2D eigenvalue weighted by atomic mass is 9.99. The zero-order valence-corrected chi connectivity index (χ0v) is 15.0. The fourth-order valence-corrected chi connectivity index (χ4v) is 3.50. The van der Waals surface area contributed by atoms with Crippen molar-refractivity contribution in [1.29, 1.82) is 0 Å². The van der Waals surface area contributed by atoms with E-state index in [1.165, 1.54) is 16.7 Å². The van der Waals surface area contributed by atoms with Crippen LogP contribution >= 0.6 is 0 Å². The van der Waals surface area contributed by atoms with Gasteiger partial charge in [0.2, 0.25) is 0 Å². The highest BCUT2D eigenvalue weighted by molar-refractivity contribution is 5.63. The maximum absolute atomic E-state index is 4.42. The predicted molar refractivity (Wildman–Crippen MR) is 109 cm³/mol. The molecule has 2 heteroatoms. The van der Waals surface area contributed by atoms with E-state index in [1.54, 1.807) is 5.57 Å². The highest BCUT2D eigenvalue weighted by atomic mass is 15.1. The van der Waals surface area contributed by atoms with Crippen LogP contribution in [0.25, 0.3) is 17.3 Å². The summed E-state index contributed by atoms with van der Waals surface area (Å²) in [5.41, 5.74) is 6.45. The number of nitrogens with zero attached hydrogens (tertiary/aromatic N) is 2. The molecule has 2 heterocycles. The summed E-state index contributed by atoms with van der Waals surface area (Å²) in [6, 6.07) is 25.5. The number of aromatic nitrogens is 1. The molecule has 0 atom stereocenters. The van der Waals surface area contributed by atoms with Gasteiger partial charge in [0, 0.05) is 31.4 Å². The first-order valence-corrected chi connectivity index (χ1v) is 9.34. The number of rotatable bonds is 4. The third-order valence-corrected chi connectivity index (χ3v) is 4.99. The van der Waals surface area contributed by atoms with Gasteiger partial charge in [-0.1, -0.05) is 72.3 Å². The summed E-state index contributed by atoms with van der Waals surface area (Å²) < 4.78 is 0. The highest BCUT2D eigenvalue weighted by Gasteiger charge is 2.14. The van der Waals surface area contributed by atoms with E-state index in [0.717, 1.165) is 38.2 Å². The quantitative estimate of drug-likeness (QED) is 0.630. The number of piperidine rings is 1. The number of pyridine rings is 1. The molecule has 1 fully saturated rings. The van der Waals surface area contributed by atoms with E-state index in [-0.39, 0.29) is 0 Å². The van der Waals surface area contributed by atoms with Crippen LogP contribution in [0.15, 0.2) is 84.6 Å². The average molecular weight is 340 g/mol. The number of hydrogen-bond donors (Lipinski definition) is 0. The molecule has 0 aliphatic carbocycles. The van der Waals surface area contributed by atoms with Gasteiger partial charge < -0.3 is 0 Å². The fourth-order valence-electron chi connectivity index (χ4n) is 3.50. The minimum absolute atomic E-state index is 1.03. The minimum Gasteiger partial charge on any atom is -0.298 e. The SMILES string of the molecule is C(=C1CCN(Cc2ccccc2)CC1)c1ccc(-c2ccccn2)cc1. The molecule has 0 amide bonds. The van der Waals surface area contributed by atoms with Crippen molar-refractivity contribution in [2.45, 2.75) is 19.4 Å². The van der Waals surface area contributed by atoms with Gasteiger partial charge >= 0.3 is 0 Å². The van der Waals surface area contributed by atoms with E-state index >= 15 is 0 Å². The van der Waals surface area contributed by atoms with Crippen LogP contribution in [0.3, 0.4) is 0 Å².